The number of benzene rings is 2. The first-order valence-corrected chi connectivity index (χ1v) is 13.7. The topological polar surface area (TPSA) is 89.0 Å². The Kier molecular flexibility index (Phi) is 9.20. The fourth-order valence-corrected chi connectivity index (χ4v) is 5.23. The quantitative estimate of drug-likeness (QED) is 0.199. The number of carboxylic acid groups (broad SMARTS) is 1. The smallest absolute Gasteiger partial charge is 0.346 e. The minimum absolute atomic E-state index is 0.0174. The van der Waals surface area contributed by atoms with Gasteiger partial charge in [-0.25, -0.2) is 14.2 Å². The number of pyridine rings is 1. The Labute approximate surface area is 235 Å². The molecule has 1 heterocycles. The lowest BCUT2D eigenvalue weighted by molar-refractivity contribution is -0.137. The molecule has 1 N–H and O–H groups in total. The van der Waals surface area contributed by atoms with Crippen LogP contribution in [0.2, 0.25) is 0 Å². The van der Waals surface area contributed by atoms with E-state index in [9.17, 15) is 14.7 Å². The van der Waals surface area contributed by atoms with Gasteiger partial charge in [-0.05, 0) is 105 Å². The number of aromatic nitrogens is 1. The normalized spacial score (nSPS) is 14.0. The van der Waals surface area contributed by atoms with Gasteiger partial charge in [0.15, 0.2) is 0 Å². The predicted molar refractivity (Wildman–Crippen MR) is 151 cm³/mol. The maximum atomic E-state index is 15.5. The second kappa shape index (κ2) is 12.6. The van der Waals surface area contributed by atoms with Crippen LogP contribution in [0, 0.1) is 11.7 Å². The molecule has 1 fully saturated rings. The molecule has 1 atom stereocenters. The molecule has 40 heavy (non-hydrogen) atoms. The monoisotopic (exact) mass is 548 g/mol. The van der Waals surface area contributed by atoms with Crippen molar-refractivity contribution in [2.24, 2.45) is 5.92 Å². The van der Waals surface area contributed by atoms with Gasteiger partial charge in [0.05, 0.1) is 19.1 Å². The molecular formula is C32H37FN2O5. The van der Waals surface area contributed by atoms with Gasteiger partial charge in [-0.1, -0.05) is 12.1 Å². The van der Waals surface area contributed by atoms with E-state index in [0.717, 1.165) is 29.5 Å². The van der Waals surface area contributed by atoms with Crippen molar-refractivity contribution in [2.75, 3.05) is 7.11 Å². The third kappa shape index (κ3) is 7.04. The summed E-state index contributed by atoms with van der Waals surface area (Å²) in [5, 5.41) is 9.37. The highest BCUT2D eigenvalue weighted by Crippen LogP contribution is 2.45. The molecule has 0 radical (unpaired) electrons. The molecule has 7 nitrogen and oxygen atoms in total. The molecule has 0 bridgehead atoms. The summed E-state index contributed by atoms with van der Waals surface area (Å²) in [7, 11) is 1.52. The first-order chi connectivity index (χ1) is 19.1. The maximum Gasteiger partial charge on any atom is 0.346 e. The molecule has 1 aliphatic rings. The summed E-state index contributed by atoms with van der Waals surface area (Å²) in [4.78, 5) is 31.1. The zero-order valence-corrected chi connectivity index (χ0v) is 23.7. The highest BCUT2D eigenvalue weighted by Gasteiger charge is 2.34. The predicted octanol–water partition coefficient (Wildman–Crippen LogP) is 6.70. The first kappa shape index (κ1) is 29.2. The largest absolute Gasteiger partial charge is 0.481 e. The number of hydrogen-bond acceptors (Lipinski definition) is 6. The van der Waals surface area contributed by atoms with Crippen molar-refractivity contribution in [3.8, 4) is 22.8 Å². The molecule has 0 aliphatic heterocycles. The number of aliphatic carboxylic acids is 1. The average molecular weight is 549 g/mol. The van der Waals surface area contributed by atoms with Crippen molar-refractivity contribution in [1.82, 2.24) is 9.88 Å². The van der Waals surface area contributed by atoms with E-state index in [1.54, 1.807) is 42.6 Å². The number of carbonyl (C=O) groups excluding carboxylic acids is 1. The Morgan fingerprint density at radius 1 is 1.07 bits per heavy atom. The molecule has 8 heteroatoms. The molecule has 1 unspecified atom stereocenters. The molecule has 1 aromatic heterocycles. The fourth-order valence-electron chi connectivity index (χ4n) is 5.23. The van der Waals surface area contributed by atoms with E-state index in [0.29, 0.717) is 23.9 Å². The van der Waals surface area contributed by atoms with Gasteiger partial charge >= 0.3 is 11.9 Å². The van der Waals surface area contributed by atoms with Gasteiger partial charge in [-0.3, -0.25) is 9.69 Å². The minimum Gasteiger partial charge on any atom is -0.481 e. The Balaban J connectivity index is 1.68. The Hall–Kier alpha value is -3.78. The van der Waals surface area contributed by atoms with Gasteiger partial charge in [0.1, 0.15) is 11.6 Å². The maximum absolute atomic E-state index is 15.5. The van der Waals surface area contributed by atoms with E-state index in [2.05, 4.69) is 37.6 Å². The molecule has 0 saturated heterocycles. The van der Waals surface area contributed by atoms with Crippen molar-refractivity contribution in [1.29, 1.82) is 0 Å². The number of halogens is 1. The summed E-state index contributed by atoms with van der Waals surface area (Å²) in [5.41, 5.74) is 2.78. The summed E-state index contributed by atoms with van der Waals surface area (Å²) in [6.07, 6.45) is 3.58. The van der Waals surface area contributed by atoms with E-state index in [-0.39, 0.29) is 35.7 Å². The lowest BCUT2D eigenvalue weighted by Crippen LogP contribution is -2.36. The van der Waals surface area contributed by atoms with Crippen LogP contribution >= 0.6 is 0 Å². The lowest BCUT2D eigenvalue weighted by Gasteiger charge is -2.31. The summed E-state index contributed by atoms with van der Waals surface area (Å²) in [5.74, 6) is -1.54. The van der Waals surface area contributed by atoms with Crippen LogP contribution in [0.3, 0.4) is 0 Å². The van der Waals surface area contributed by atoms with Crippen LogP contribution in [-0.4, -0.2) is 46.1 Å². The number of carbonyl (C=O) groups is 2. The summed E-state index contributed by atoms with van der Waals surface area (Å²) >= 11 is 0. The number of ether oxygens (including phenoxy) is 2. The lowest BCUT2D eigenvalue weighted by atomic mass is 9.91. The molecule has 1 saturated carbocycles. The van der Waals surface area contributed by atoms with Gasteiger partial charge in [0.25, 0.3) is 0 Å². The van der Waals surface area contributed by atoms with Crippen LogP contribution in [0.25, 0.3) is 11.1 Å². The summed E-state index contributed by atoms with van der Waals surface area (Å²) in [6, 6.07) is 13.8. The van der Waals surface area contributed by atoms with Gasteiger partial charge in [-0.2, -0.15) is 0 Å². The van der Waals surface area contributed by atoms with Crippen molar-refractivity contribution in [3.05, 3.63) is 77.2 Å². The Morgan fingerprint density at radius 2 is 1.80 bits per heavy atom. The third-order valence-corrected chi connectivity index (χ3v) is 7.43. The number of rotatable bonds is 12. The van der Waals surface area contributed by atoms with Crippen molar-refractivity contribution >= 4 is 11.9 Å². The number of hydrogen-bond donors (Lipinski definition) is 1. The minimum atomic E-state index is -0.863. The van der Waals surface area contributed by atoms with E-state index in [1.807, 2.05) is 6.07 Å². The highest BCUT2D eigenvalue weighted by molar-refractivity contribution is 5.92. The van der Waals surface area contributed by atoms with Crippen molar-refractivity contribution < 1.29 is 28.6 Å². The molecule has 4 rings (SSSR count). The Bertz CT molecular complexity index is 1360. The van der Waals surface area contributed by atoms with Crippen LogP contribution in [0.1, 0.15) is 74.4 Å². The van der Waals surface area contributed by atoms with Gasteiger partial charge in [0.2, 0.25) is 5.88 Å². The van der Waals surface area contributed by atoms with Gasteiger partial charge in [-0.15, -0.1) is 0 Å². The zero-order chi connectivity index (χ0) is 29.0. The van der Waals surface area contributed by atoms with E-state index >= 15 is 4.39 Å². The second-order valence-electron chi connectivity index (χ2n) is 10.9. The van der Waals surface area contributed by atoms with Crippen LogP contribution in [-0.2, 0) is 11.3 Å². The number of carboxylic acids is 1. The molecule has 2 aromatic carbocycles. The standard InChI is InChI=1S/C32H37FN2O5/c1-19(2)35(20(3)4)18-24-14-28(29(33)16-26(24)23-11-12-34-30(15-23)39-5)32(38)40-25-8-6-7-22(13-25)27(17-31(36)37)21-9-10-21/h6-8,11-16,19-21,27H,9-10,17-18H2,1-5H3,(H,36,37). The molecular weight excluding hydrogens is 511 g/mol. The van der Waals surface area contributed by atoms with E-state index in [4.69, 9.17) is 9.47 Å². The summed E-state index contributed by atoms with van der Waals surface area (Å²) in [6.45, 7) is 8.88. The SMILES string of the molecule is COc1cc(-c2cc(F)c(C(=O)Oc3cccc(C(CC(=O)O)C4CC4)c3)cc2CN(C(C)C)C(C)C)ccn1. The van der Waals surface area contributed by atoms with E-state index in [1.165, 1.54) is 13.2 Å². The summed E-state index contributed by atoms with van der Waals surface area (Å²) < 4.78 is 26.5. The van der Waals surface area contributed by atoms with E-state index < -0.39 is 17.8 Å². The number of esters is 1. The molecule has 1 aliphatic carbocycles. The zero-order valence-electron chi connectivity index (χ0n) is 23.7. The van der Waals surface area contributed by atoms with Gasteiger partial charge in [0, 0.05) is 30.9 Å². The van der Waals surface area contributed by atoms with Crippen molar-refractivity contribution in [2.45, 2.75) is 71.5 Å². The van der Waals surface area contributed by atoms with Crippen LogP contribution in [0.5, 0.6) is 11.6 Å². The highest BCUT2D eigenvalue weighted by atomic mass is 19.1. The third-order valence-electron chi connectivity index (χ3n) is 7.43. The van der Waals surface area contributed by atoms with Crippen LogP contribution < -0.4 is 9.47 Å². The molecule has 212 valence electrons. The number of methoxy groups -OCH3 is 1. The average Bonchev–Trinajstić information content (AvgIpc) is 3.76. The number of nitrogens with zero attached hydrogens (tertiary/aromatic N) is 2. The second-order valence-corrected chi connectivity index (χ2v) is 10.9. The first-order valence-electron chi connectivity index (χ1n) is 13.7. The molecule has 0 amide bonds. The van der Waals surface area contributed by atoms with Gasteiger partial charge < -0.3 is 14.6 Å². The molecule has 3 aromatic rings. The fraction of sp³-hybridized carbons (Fsp3) is 0.406. The van der Waals surface area contributed by atoms with Crippen LogP contribution in [0.15, 0.2) is 54.7 Å². The van der Waals surface area contributed by atoms with Crippen molar-refractivity contribution in [3.63, 3.8) is 0 Å². The Morgan fingerprint density at radius 3 is 2.42 bits per heavy atom. The molecule has 0 spiro atoms. The van der Waals surface area contributed by atoms with Crippen LogP contribution in [0.4, 0.5) is 4.39 Å².